The van der Waals surface area contributed by atoms with E-state index >= 15 is 0 Å². The Balaban J connectivity index is 1.93. The molecule has 0 aromatic heterocycles. The molecule has 2 fully saturated rings. The molecule has 3 heteroatoms. The average Bonchev–Trinajstić information content (AvgIpc) is 2.44. The van der Waals surface area contributed by atoms with Gasteiger partial charge in [-0.3, -0.25) is 0 Å². The lowest BCUT2D eigenvalue weighted by Crippen LogP contribution is -2.50. The minimum Gasteiger partial charge on any atom is -0.379 e. The maximum Gasteiger partial charge on any atom is 0.0624 e. The molecule has 0 saturated carbocycles. The van der Waals surface area contributed by atoms with Crippen LogP contribution in [0.4, 0.5) is 0 Å². The van der Waals surface area contributed by atoms with Crippen molar-refractivity contribution in [3.8, 4) is 0 Å². The van der Waals surface area contributed by atoms with Gasteiger partial charge in [0.15, 0.2) is 0 Å². The van der Waals surface area contributed by atoms with Gasteiger partial charge in [-0.05, 0) is 18.3 Å². The van der Waals surface area contributed by atoms with Gasteiger partial charge in [-0.15, -0.1) is 0 Å². The van der Waals surface area contributed by atoms with Crippen molar-refractivity contribution in [2.75, 3.05) is 32.8 Å². The Bertz CT molecular complexity index is 236. The standard InChI is InChI=1S/C13H26N2O/c1-10-4-11(2)6-15(5-10)8-13(3)9-16-7-12(13)14/h10-12H,4-9,14H2,1-3H3. The molecule has 0 radical (unpaired) electrons. The highest BCUT2D eigenvalue weighted by Crippen LogP contribution is 2.30. The van der Waals surface area contributed by atoms with Crippen LogP contribution in [0.25, 0.3) is 0 Å². The van der Waals surface area contributed by atoms with Crippen molar-refractivity contribution in [1.29, 1.82) is 0 Å². The van der Waals surface area contributed by atoms with Gasteiger partial charge in [0.25, 0.3) is 0 Å². The predicted molar refractivity (Wildman–Crippen MR) is 66.3 cm³/mol. The van der Waals surface area contributed by atoms with E-state index in [1.165, 1.54) is 19.5 Å². The van der Waals surface area contributed by atoms with Crippen LogP contribution in [0.15, 0.2) is 0 Å². The summed E-state index contributed by atoms with van der Waals surface area (Å²) in [5.41, 5.74) is 6.31. The van der Waals surface area contributed by atoms with Gasteiger partial charge in [-0.1, -0.05) is 20.8 Å². The van der Waals surface area contributed by atoms with Gasteiger partial charge in [-0.2, -0.15) is 0 Å². The summed E-state index contributed by atoms with van der Waals surface area (Å²) in [6, 6.07) is 0.208. The van der Waals surface area contributed by atoms with Crippen LogP contribution in [0.3, 0.4) is 0 Å². The molecule has 3 nitrogen and oxygen atoms in total. The highest BCUT2D eigenvalue weighted by atomic mass is 16.5. The molecule has 0 amide bonds. The van der Waals surface area contributed by atoms with Gasteiger partial charge >= 0.3 is 0 Å². The Kier molecular flexibility index (Phi) is 3.57. The number of nitrogens with two attached hydrogens (primary N) is 1. The first-order valence-electron chi connectivity index (χ1n) is 6.55. The van der Waals surface area contributed by atoms with Gasteiger partial charge in [0.2, 0.25) is 0 Å². The number of hydrogen-bond acceptors (Lipinski definition) is 3. The van der Waals surface area contributed by atoms with Crippen molar-refractivity contribution < 1.29 is 4.74 Å². The lowest BCUT2D eigenvalue weighted by molar-refractivity contribution is 0.0743. The molecule has 0 bridgehead atoms. The first-order valence-corrected chi connectivity index (χ1v) is 6.55. The summed E-state index contributed by atoms with van der Waals surface area (Å²) in [5.74, 6) is 1.65. The third-order valence-electron chi connectivity index (χ3n) is 4.15. The second-order valence-corrected chi connectivity index (χ2v) is 6.42. The lowest BCUT2D eigenvalue weighted by Gasteiger charge is -2.40. The van der Waals surface area contributed by atoms with Gasteiger partial charge in [-0.25, -0.2) is 0 Å². The van der Waals surface area contributed by atoms with Crippen molar-refractivity contribution in [2.45, 2.75) is 33.2 Å². The Morgan fingerprint density at radius 2 is 1.94 bits per heavy atom. The molecule has 94 valence electrons. The first-order chi connectivity index (χ1) is 7.49. The zero-order valence-corrected chi connectivity index (χ0v) is 10.9. The number of likely N-dealkylation sites (tertiary alicyclic amines) is 1. The Morgan fingerprint density at radius 1 is 1.31 bits per heavy atom. The fourth-order valence-electron chi connectivity index (χ4n) is 3.32. The van der Waals surface area contributed by atoms with E-state index in [0.717, 1.165) is 31.6 Å². The fourth-order valence-corrected chi connectivity index (χ4v) is 3.32. The molecule has 2 saturated heterocycles. The molecule has 0 aromatic rings. The summed E-state index contributed by atoms with van der Waals surface area (Å²) in [7, 11) is 0. The van der Waals surface area contributed by atoms with Crippen molar-refractivity contribution >= 4 is 0 Å². The molecule has 2 rings (SSSR count). The van der Waals surface area contributed by atoms with E-state index in [1.54, 1.807) is 0 Å². The summed E-state index contributed by atoms with van der Waals surface area (Å²) < 4.78 is 5.52. The van der Waals surface area contributed by atoms with E-state index in [0.29, 0.717) is 0 Å². The number of ether oxygens (including phenoxy) is 1. The minimum atomic E-state index is 0.163. The molecule has 16 heavy (non-hydrogen) atoms. The maximum atomic E-state index is 6.15. The fraction of sp³-hybridized carbons (Fsp3) is 1.00. The number of rotatable bonds is 2. The topological polar surface area (TPSA) is 38.5 Å². The van der Waals surface area contributed by atoms with Crippen LogP contribution in [0.1, 0.15) is 27.2 Å². The Labute approximate surface area is 99.3 Å². The second-order valence-electron chi connectivity index (χ2n) is 6.42. The highest BCUT2D eigenvalue weighted by molar-refractivity contribution is 4.93. The summed E-state index contributed by atoms with van der Waals surface area (Å²) in [6.07, 6.45) is 1.37. The van der Waals surface area contributed by atoms with Crippen molar-refractivity contribution in [3.63, 3.8) is 0 Å². The molecule has 0 spiro atoms. The number of nitrogens with zero attached hydrogens (tertiary/aromatic N) is 1. The molecule has 2 aliphatic rings. The summed E-state index contributed by atoms with van der Waals surface area (Å²) in [4.78, 5) is 2.59. The van der Waals surface area contributed by atoms with Crippen LogP contribution in [0, 0.1) is 17.3 Å². The largest absolute Gasteiger partial charge is 0.379 e. The van der Waals surface area contributed by atoms with Gasteiger partial charge in [0.1, 0.15) is 0 Å². The molecular formula is C13H26N2O. The van der Waals surface area contributed by atoms with Gasteiger partial charge < -0.3 is 15.4 Å². The number of piperidine rings is 1. The third-order valence-corrected chi connectivity index (χ3v) is 4.15. The second kappa shape index (κ2) is 4.63. The molecule has 4 unspecified atom stereocenters. The normalized spacial score (nSPS) is 46.1. The van der Waals surface area contributed by atoms with Crippen molar-refractivity contribution in [2.24, 2.45) is 23.0 Å². The van der Waals surface area contributed by atoms with E-state index in [-0.39, 0.29) is 11.5 Å². The number of hydrogen-bond donors (Lipinski definition) is 1. The van der Waals surface area contributed by atoms with Crippen LogP contribution in [-0.2, 0) is 4.74 Å². The van der Waals surface area contributed by atoms with E-state index < -0.39 is 0 Å². The molecule has 0 aromatic carbocycles. The molecule has 2 heterocycles. The van der Waals surface area contributed by atoms with Crippen LogP contribution >= 0.6 is 0 Å². The summed E-state index contributed by atoms with van der Waals surface area (Å²) in [6.45, 7) is 12.1. The molecule has 2 aliphatic heterocycles. The van der Waals surface area contributed by atoms with Gasteiger partial charge in [0.05, 0.1) is 13.2 Å². The zero-order chi connectivity index (χ0) is 11.8. The predicted octanol–water partition coefficient (Wildman–Crippen LogP) is 1.33. The first kappa shape index (κ1) is 12.3. The smallest absolute Gasteiger partial charge is 0.0624 e. The van der Waals surface area contributed by atoms with E-state index in [2.05, 4.69) is 25.7 Å². The monoisotopic (exact) mass is 226 g/mol. The van der Waals surface area contributed by atoms with E-state index in [4.69, 9.17) is 10.5 Å². The lowest BCUT2D eigenvalue weighted by atomic mass is 9.83. The summed E-state index contributed by atoms with van der Waals surface area (Å²) >= 11 is 0. The average molecular weight is 226 g/mol. The van der Waals surface area contributed by atoms with Crippen molar-refractivity contribution in [3.05, 3.63) is 0 Å². The maximum absolute atomic E-state index is 6.15. The van der Waals surface area contributed by atoms with Crippen LogP contribution in [0.2, 0.25) is 0 Å². The van der Waals surface area contributed by atoms with Crippen LogP contribution in [-0.4, -0.2) is 43.8 Å². The molecular weight excluding hydrogens is 200 g/mol. The molecule has 4 atom stereocenters. The van der Waals surface area contributed by atoms with Crippen LogP contribution < -0.4 is 5.73 Å². The SMILES string of the molecule is CC1CC(C)CN(CC2(C)COCC2N)C1. The molecule has 2 N–H and O–H groups in total. The summed E-state index contributed by atoms with van der Waals surface area (Å²) in [5, 5.41) is 0. The quantitative estimate of drug-likeness (QED) is 0.772. The van der Waals surface area contributed by atoms with E-state index in [1.807, 2.05) is 0 Å². The minimum absolute atomic E-state index is 0.163. The third kappa shape index (κ3) is 2.58. The highest BCUT2D eigenvalue weighted by Gasteiger charge is 2.39. The Morgan fingerprint density at radius 3 is 2.44 bits per heavy atom. The van der Waals surface area contributed by atoms with Crippen molar-refractivity contribution in [1.82, 2.24) is 4.90 Å². The van der Waals surface area contributed by atoms with E-state index in [9.17, 15) is 0 Å². The molecule has 0 aliphatic carbocycles. The van der Waals surface area contributed by atoms with Gasteiger partial charge in [0, 0.05) is 31.1 Å². The Hall–Kier alpha value is -0.120. The zero-order valence-electron chi connectivity index (χ0n) is 10.9. The van der Waals surface area contributed by atoms with Crippen LogP contribution in [0.5, 0.6) is 0 Å².